The lowest BCUT2D eigenvalue weighted by molar-refractivity contribution is 0.0950. The van der Waals surface area contributed by atoms with Gasteiger partial charge in [0.05, 0.1) is 40.3 Å². The minimum Gasteiger partial charge on any atom is -0.346 e. The zero-order valence-corrected chi connectivity index (χ0v) is 16.7. The van der Waals surface area contributed by atoms with E-state index in [1.165, 1.54) is 12.8 Å². The third kappa shape index (κ3) is 4.05. The van der Waals surface area contributed by atoms with Crippen LogP contribution in [0.4, 0.5) is 0 Å². The average molecular weight is 415 g/mol. The van der Waals surface area contributed by atoms with E-state index in [1.807, 2.05) is 24.3 Å². The Balaban J connectivity index is 1.56. The summed E-state index contributed by atoms with van der Waals surface area (Å²) in [4.78, 5) is 17.0. The lowest BCUT2D eigenvalue weighted by Gasteiger charge is -2.13. The molecule has 1 N–H and O–H groups in total. The van der Waals surface area contributed by atoms with Crippen molar-refractivity contribution >= 4 is 29.1 Å². The summed E-state index contributed by atoms with van der Waals surface area (Å²) >= 11 is 12.1. The van der Waals surface area contributed by atoms with Gasteiger partial charge in [0.2, 0.25) is 0 Å². The van der Waals surface area contributed by atoms with Gasteiger partial charge in [0.15, 0.2) is 0 Å². The lowest BCUT2D eigenvalue weighted by atomic mass is 10.2. The van der Waals surface area contributed by atoms with E-state index >= 15 is 0 Å². The number of amides is 1. The quantitative estimate of drug-likeness (QED) is 0.616. The second-order valence-electron chi connectivity index (χ2n) is 6.93. The van der Waals surface area contributed by atoms with Gasteiger partial charge in [-0.25, -0.2) is 0 Å². The van der Waals surface area contributed by atoms with Crippen LogP contribution in [0.25, 0.3) is 11.4 Å². The van der Waals surface area contributed by atoms with Crippen LogP contribution in [0.1, 0.15) is 47.8 Å². The highest BCUT2D eigenvalue weighted by atomic mass is 35.5. The van der Waals surface area contributed by atoms with Crippen LogP contribution in [-0.2, 0) is 6.54 Å². The van der Waals surface area contributed by atoms with E-state index in [1.54, 1.807) is 24.4 Å². The largest absolute Gasteiger partial charge is 0.346 e. The van der Waals surface area contributed by atoms with Gasteiger partial charge >= 0.3 is 0 Å². The van der Waals surface area contributed by atoms with E-state index in [9.17, 15) is 4.79 Å². The first-order valence-electron chi connectivity index (χ1n) is 9.35. The fraction of sp³-hybridized carbons (Fsp3) is 0.286. The summed E-state index contributed by atoms with van der Waals surface area (Å²) in [5, 5.41) is 8.50. The lowest BCUT2D eigenvalue weighted by Crippen LogP contribution is -2.23. The van der Waals surface area contributed by atoms with Crippen molar-refractivity contribution in [2.24, 2.45) is 0 Å². The van der Waals surface area contributed by atoms with Crippen LogP contribution in [0.5, 0.6) is 0 Å². The molecule has 4 rings (SSSR count). The van der Waals surface area contributed by atoms with Crippen molar-refractivity contribution in [1.82, 2.24) is 20.1 Å². The summed E-state index contributed by atoms with van der Waals surface area (Å²) in [7, 11) is 0. The van der Waals surface area contributed by atoms with Gasteiger partial charge in [-0.15, -0.1) is 0 Å². The predicted octanol–water partition coefficient (Wildman–Crippen LogP) is 5.30. The minimum absolute atomic E-state index is 0.276. The number of pyridine rings is 1. The standard InChI is InChI=1S/C21H20Cl2N4O/c22-14-8-9-18(23)17(11-14)21(28)25-13-15-12-20(19-7-3-4-10-24-19)27(26-15)16-5-1-2-6-16/h3-4,7-12,16H,1-2,5-6,13H2,(H,25,28). The Kier molecular flexibility index (Phi) is 5.64. The topological polar surface area (TPSA) is 59.8 Å². The number of rotatable bonds is 5. The zero-order valence-electron chi connectivity index (χ0n) is 15.2. The van der Waals surface area contributed by atoms with Crippen molar-refractivity contribution in [1.29, 1.82) is 0 Å². The van der Waals surface area contributed by atoms with E-state index in [2.05, 4.69) is 15.0 Å². The first-order chi connectivity index (χ1) is 13.6. The van der Waals surface area contributed by atoms with Crippen molar-refractivity contribution in [3.8, 4) is 11.4 Å². The van der Waals surface area contributed by atoms with Crippen molar-refractivity contribution in [2.75, 3.05) is 0 Å². The van der Waals surface area contributed by atoms with Crippen molar-refractivity contribution in [2.45, 2.75) is 38.3 Å². The van der Waals surface area contributed by atoms with Crippen LogP contribution in [0.3, 0.4) is 0 Å². The molecule has 28 heavy (non-hydrogen) atoms. The molecule has 1 aliphatic rings. The Morgan fingerprint density at radius 3 is 2.71 bits per heavy atom. The van der Waals surface area contributed by atoms with Crippen molar-refractivity contribution < 1.29 is 4.79 Å². The summed E-state index contributed by atoms with van der Waals surface area (Å²) in [5.74, 6) is -0.276. The third-order valence-electron chi connectivity index (χ3n) is 4.99. The zero-order chi connectivity index (χ0) is 19.5. The summed E-state index contributed by atoms with van der Waals surface area (Å²) in [6.45, 7) is 0.307. The third-order valence-corrected chi connectivity index (χ3v) is 5.55. The fourth-order valence-electron chi connectivity index (χ4n) is 3.60. The van der Waals surface area contributed by atoms with Crippen LogP contribution in [0, 0.1) is 0 Å². The van der Waals surface area contributed by atoms with Crippen molar-refractivity contribution in [3.05, 3.63) is 70.0 Å². The number of carbonyl (C=O) groups is 1. The number of nitrogens with zero attached hydrogens (tertiary/aromatic N) is 3. The van der Waals surface area contributed by atoms with E-state index in [0.717, 1.165) is 29.9 Å². The van der Waals surface area contributed by atoms with Crippen LogP contribution in [-0.4, -0.2) is 20.7 Å². The maximum atomic E-state index is 12.5. The molecular formula is C21H20Cl2N4O. The Morgan fingerprint density at radius 1 is 1.14 bits per heavy atom. The molecule has 5 nitrogen and oxygen atoms in total. The number of carbonyl (C=O) groups excluding carboxylic acids is 1. The highest BCUT2D eigenvalue weighted by molar-refractivity contribution is 6.35. The van der Waals surface area contributed by atoms with Gasteiger partial charge < -0.3 is 5.32 Å². The molecule has 1 saturated carbocycles. The molecule has 0 atom stereocenters. The highest BCUT2D eigenvalue weighted by Gasteiger charge is 2.22. The number of hydrogen-bond acceptors (Lipinski definition) is 3. The number of hydrogen-bond donors (Lipinski definition) is 1. The molecule has 0 bridgehead atoms. The first kappa shape index (κ1) is 19.0. The van der Waals surface area contributed by atoms with E-state index in [-0.39, 0.29) is 5.91 Å². The Labute approximate surface area is 173 Å². The maximum absolute atomic E-state index is 12.5. The molecule has 1 aliphatic carbocycles. The maximum Gasteiger partial charge on any atom is 0.253 e. The number of benzene rings is 1. The molecule has 144 valence electrons. The molecule has 1 amide bonds. The van der Waals surface area contributed by atoms with Crippen LogP contribution < -0.4 is 5.32 Å². The van der Waals surface area contributed by atoms with Gasteiger partial charge in [-0.3, -0.25) is 14.5 Å². The summed E-state index contributed by atoms with van der Waals surface area (Å²) in [6, 6.07) is 13.1. The summed E-state index contributed by atoms with van der Waals surface area (Å²) < 4.78 is 2.07. The summed E-state index contributed by atoms with van der Waals surface area (Å²) in [5.41, 5.74) is 3.02. The normalized spacial score (nSPS) is 14.4. The molecule has 3 aromatic rings. The predicted molar refractivity (Wildman–Crippen MR) is 111 cm³/mol. The summed E-state index contributed by atoms with van der Waals surface area (Å²) in [6.07, 6.45) is 6.44. The number of aromatic nitrogens is 3. The smallest absolute Gasteiger partial charge is 0.253 e. The molecule has 2 heterocycles. The number of halogens is 2. The molecule has 2 aromatic heterocycles. The van der Waals surface area contributed by atoms with Gasteiger partial charge in [-0.1, -0.05) is 42.1 Å². The van der Waals surface area contributed by atoms with E-state index in [4.69, 9.17) is 28.3 Å². The monoisotopic (exact) mass is 414 g/mol. The molecule has 0 radical (unpaired) electrons. The molecule has 7 heteroatoms. The van der Waals surface area contributed by atoms with Crippen molar-refractivity contribution in [3.63, 3.8) is 0 Å². The Bertz CT molecular complexity index is 981. The SMILES string of the molecule is O=C(NCc1cc(-c2ccccn2)n(C2CCCC2)n1)c1cc(Cl)ccc1Cl. The van der Waals surface area contributed by atoms with Gasteiger partial charge in [0.1, 0.15) is 0 Å². The molecule has 0 saturated heterocycles. The van der Waals surface area contributed by atoms with Gasteiger partial charge in [-0.2, -0.15) is 5.10 Å². The second-order valence-corrected chi connectivity index (χ2v) is 7.77. The Morgan fingerprint density at radius 2 is 1.96 bits per heavy atom. The fourth-order valence-corrected chi connectivity index (χ4v) is 3.98. The molecule has 0 unspecified atom stereocenters. The first-order valence-corrected chi connectivity index (χ1v) is 10.1. The molecule has 0 spiro atoms. The van der Waals surface area contributed by atoms with Gasteiger partial charge in [0, 0.05) is 11.2 Å². The van der Waals surface area contributed by atoms with E-state index < -0.39 is 0 Å². The van der Waals surface area contributed by atoms with E-state index in [0.29, 0.717) is 28.2 Å². The number of nitrogens with one attached hydrogen (secondary N) is 1. The molecule has 1 aromatic carbocycles. The van der Waals surface area contributed by atoms with Gasteiger partial charge in [-0.05, 0) is 49.2 Å². The molecule has 0 aliphatic heterocycles. The average Bonchev–Trinajstić information content (AvgIpc) is 3.38. The molecular weight excluding hydrogens is 395 g/mol. The molecule has 1 fully saturated rings. The van der Waals surface area contributed by atoms with Gasteiger partial charge in [0.25, 0.3) is 5.91 Å². The minimum atomic E-state index is -0.276. The Hall–Kier alpha value is -2.37. The second kappa shape index (κ2) is 8.33. The van der Waals surface area contributed by atoms with Crippen LogP contribution >= 0.6 is 23.2 Å². The van der Waals surface area contributed by atoms with Crippen LogP contribution in [0.2, 0.25) is 10.0 Å². The highest BCUT2D eigenvalue weighted by Crippen LogP contribution is 2.33. The van der Waals surface area contributed by atoms with Crippen LogP contribution in [0.15, 0.2) is 48.7 Å².